The lowest BCUT2D eigenvalue weighted by Gasteiger charge is -2.09. The molecule has 0 heterocycles. The van der Waals surface area contributed by atoms with Crippen molar-refractivity contribution in [3.05, 3.63) is 29.8 Å². The summed E-state index contributed by atoms with van der Waals surface area (Å²) in [5, 5.41) is 15.2. The van der Waals surface area contributed by atoms with Crippen LogP contribution in [-0.4, -0.2) is 29.9 Å². The van der Waals surface area contributed by atoms with Gasteiger partial charge in [0.15, 0.2) is 0 Å². The number of rotatable bonds is 4. The SMILES string of the molecule is CCCN(C)/N=C/c1ccc(O)cc1. The first-order chi connectivity index (χ1) is 6.72. The van der Waals surface area contributed by atoms with Crippen LogP contribution < -0.4 is 0 Å². The Morgan fingerprint density at radius 3 is 2.57 bits per heavy atom. The molecule has 0 atom stereocenters. The lowest BCUT2D eigenvalue weighted by Crippen LogP contribution is -2.11. The molecule has 0 saturated heterocycles. The average Bonchev–Trinajstić information content (AvgIpc) is 2.17. The van der Waals surface area contributed by atoms with Crippen molar-refractivity contribution in [3.8, 4) is 5.75 Å². The van der Waals surface area contributed by atoms with Crippen LogP contribution in [0, 0.1) is 0 Å². The Morgan fingerprint density at radius 2 is 2.00 bits per heavy atom. The molecule has 0 aliphatic heterocycles. The molecule has 3 heteroatoms. The van der Waals surface area contributed by atoms with Crippen molar-refractivity contribution in [2.75, 3.05) is 13.6 Å². The topological polar surface area (TPSA) is 35.8 Å². The Labute approximate surface area is 84.7 Å². The zero-order valence-electron chi connectivity index (χ0n) is 8.64. The molecule has 0 unspecified atom stereocenters. The second kappa shape index (κ2) is 5.27. The third kappa shape index (κ3) is 3.47. The minimum Gasteiger partial charge on any atom is -0.508 e. The van der Waals surface area contributed by atoms with E-state index in [1.165, 1.54) is 0 Å². The van der Waals surface area contributed by atoms with Crippen LogP contribution in [-0.2, 0) is 0 Å². The van der Waals surface area contributed by atoms with Crippen molar-refractivity contribution in [2.24, 2.45) is 5.10 Å². The third-order valence-electron chi connectivity index (χ3n) is 1.84. The highest BCUT2D eigenvalue weighted by molar-refractivity contribution is 5.79. The Kier molecular flexibility index (Phi) is 3.98. The van der Waals surface area contributed by atoms with Gasteiger partial charge in [0.25, 0.3) is 0 Å². The van der Waals surface area contributed by atoms with Gasteiger partial charge in [-0.2, -0.15) is 5.10 Å². The lowest BCUT2D eigenvalue weighted by atomic mass is 10.2. The molecular formula is C11H16N2O. The first kappa shape index (κ1) is 10.6. The summed E-state index contributed by atoms with van der Waals surface area (Å²) in [4.78, 5) is 0. The number of aromatic hydroxyl groups is 1. The highest BCUT2D eigenvalue weighted by Crippen LogP contribution is 2.07. The van der Waals surface area contributed by atoms with Crippen LogP contribution in [0.2, 0.25) is 0 Å². The molecule has 76 valence electrons. The molecule has 0 fully saturated rings. The molecule has 0 bridgehead atoms. The fraction of sp³-hybridized carbons (Fsp3) is 0.364. The number of hydrogen-bond acceptors (Lipinski definition) is 3. The van der Waals surface area contributed by atoms with Crippen LogP contribution in [0.3, 0.4) is 0 Å². The molecule has 0 aromatic heterocycles. The predicted molar refractivity (Wildman–Crippen MR) is 58.6 cm³/mol. The fourth-order valence-electron chi connectivity index (χ4n) is 1.11. The van der Waals surface area contributed by atoms with E-state index < -0.39 is 0 Å². The van der Waals surface area contributed by atoms with Crippen molar-refractivity contribution in [1.29, 1.82) is 0 Å². The van der Waals surface area contributed by atoms with E-state index in [2.05, 4.69) is 12.0 Å². The summed E-state index contributed by atoms with van der Waals surface area (Å²) in [5.41, 5.74) is 0.991. The van der Waals surface area contributed by atoms with Gasteiger partial charge in [0.2, 0.25) is 0 Å². The summed E-state index contributed by atoms with van der Waals surface area (Å²) in [6.07, 6.45) is 2.87. The van der Waals surface area contributed by atoms with Gasteiger partial charge in [-0.25, -0.2) is 0 Å². The minimum absolute atomic E-state index is 0.282. The van der Waals surface area contributed by atoms with Gasteiger partial charge in [-0.05, 0) is 36.2 Å². The molecule has 1 rings (SSSR count). The fourth-order valence-corrected chi connectivity index (χ4v) is 1.11. The van der Waals surface area contributed by atoms with Crippen LogP contribution >= 0.6 is 0 Å². The molecule has 0 spiro atoms. The maximum absolute atomic E-state index is 9.06. The third-order valence-corrected chi connectivity index (χ3v) is 1.84. The van der Waals surface area contributed by atoms with Gasteiger partial charge in [-0.3, -0.25) is 0 Å². The Balaban J connectivity index is 2.55. The van der Waals surface area contributed by atoms with Gasteiger partial charge < -0.3 is 10.1 Å². The maximum Gasteiger partial charge on any atom is 0.115 e. The number of phenols is 1. The average molecular weight is 192 g/mol. The number of benzene rings is 1. The maximum atomic E-state index is 9.06. The summed E-state index contributed by atoms with van der Waals surface area (Å²) in [5.74, 6) is 0.282. The standard InChI is InChI=1S/C11H16N2O/c1-3-8-13(2)12-9-10-4-6-11(14)7-5-10/h4-7,9,14H,3,8H2,1-2H3/b12-9+. The van der Waals surface area contributed by atoms with Gasteiger partial charge >= 0.3 is 0 Å². The van der Waals surface area contributed by atoms with Gasteiger partial charge in [0, 0.05) is 13.6 Å². The quantitative estimate of drug-likeness (QED) is 0.585. The predicted octanol–water partition coefficient (Wildman–Crippen LogP) is 2.07. The zero-order valence-corrected chi connectivity index (χ0v) is 8.64. The highest BCUT2D eigenvalue weighted by Gasteiger charge is 1.90. The molecule has 14 heavy (non-hydrogen) atoms. The molecule has 0 aliphatic rings. The van der Waals surface area contributed by atoms with Crippen LogP contribution in [0.1, 0.15) is 18.9 Å². The first-order valence-electron chi connectivity index (χ1n) is 4.76. The molecule has 0 amide bonds. The van der Waals surface area contributed by atoms with Crippen molar-refractivity contribution in [1.82, 2.24) is 5.01 Å². The molecule has 0 radical (unpaired) electrons. The van der Waals surface area contributed by atoms with Gasteiger partial charge in [-0.1, -0.05) is 6.92 Å². The van der Waals surface area contributed by atoms with Crippen LogP contribution in [0.25, 0.3) is 0 Å². The van der Waals surface area contributed by atoms with E-state index in [0.29, 0.717) is 0 Å². The summed E-state index contributed by atoms with van der Waals surface area (Å²) in [6, 6.07) is 6.97. The molecule has 3 nitrogen and oxygen atoms in total. The summed E-state index contributed by atoms with van der Waals surface area (Å²) < 4.78 is 0. The van der Waals surface area contributed by atoms with Crippen LogP contribution in [0.15, 0.2) is 29.4 Å². The highest BCUT2D eigenvalue weighted by atomic mass is 16.3. The number of phenolic OH excluding ortho intramolecular Hbond substituents is 1. The number of nitrogens with zero attached hydrogens (tertiary/aromatic N) is 2. The smallest absolute Gasteiger partial charge is 0.115 e. The zero-order chi connectivity index (χ0) is 10.4. The van der Waals surface area contributed by atoms with E-state index >= 15 is 0 Å². The second-order valence-electron chi connectivity index (χ2n) is 3.22. The first-order valence-corrected chi connectivity index (χ1v) is 4.76. The van der Waals surface area contributed by atoms with Crippen LogP contribution in [0.5, 0.6) is 5.75 Å². The molecule has 0 aliphatic carbocycles. The summed E-state index contributed by atoms with van der Waals surface area (Å²) in [7, 11) is 1.94. The summed E-state index contributed by atoms with van der Waals surface area (Å²) >= 11 is 0. The van der Waals surface area contributed by atoms with E-state index in [4.69, 9.17) is 5.11 Å². The molecule has 1 aromatic carbocycles. The molecular weight excluding hydrogens is 176 g/mol. The van der Waals surface area contributed by atoms with Crippen LogP contribution in [0.4, 0.5) is 0 Å². The lowest BCUT2D eigenvalue weighted by molar-refractivity contribution is 0.357. The van der Waals surface area contributed by atoms with Gasteiger partial charge in [0.1, 0.15) is 5.75 Å². The second-order valence-corrected chi connectivity index (χ2v) is 3.22. The van der Waals surface area contributed by atoms with E-state index in [1.54, 1.807) is 18.3 Å². The van der Waals surface area contributed by atoms with E-state index in [0.717, 1.165) is 18.5 Å². The molecule has 1 N–H and O–H groups in total. The number of hydrogen-bond donors (Lipinski definition) is 1. The Morgan fingerprint density at radius 1 is 1.36 bits per heavy atom. The normalized spacial score (nSPS) is 10.7. The largest absolute Gasteiger partial charge is 0.508 e. The van der Waals surface area contributed by atoms with Gasteiger partial charge in [0.05, 0.1) is 6.21 Å². The van der Waals surface area contributed by atoms with Gasteiger partial charge in [-0.15, -0.1) is 0 Å². The van der Waals surface area contributed by atoms with Crippen molar-refractivity contribution in [3.63, 3.8) is 0 Å². The monoisotopic (exact) mass is 192 g/mol. The molecule has 1 aromatic rings. The van der Waals surface area contributed by atoms with E-state index in [1.807, 2.05) is 24.2 Å². The molecule has 0 saturated carbocycles. The Hall–Kier alpha value is -1.51. The summed E-state index contributed by atoms with van der Waals surface area (Å²) in [6.45, 7) is 3.07. The number of hydrazone groups is 1. The van der Waals surface area contributed by atoms with Crippen molar-refractivity contribution in [2.45, 2.75) is 13.3 Å². The Bertz CT molecular complexity index is 293. The minimum atomic E-state index is 0.282. The van der Waals surface area contributed by atoms with E-state index in [9.17, 15) is 0 Å². The van der Waals surface area contributed by atoms with Crippen molar-refractivity contribution >= 4 is 6.21 Å². The van der Waals surface area contributed by atoms with Crippen molar-refractivity contribution < 1.29 is 5.11 Å². The van der Waals surface area contributed by atoms with E-state index in [-0.39, 0.29) is 5.75 Å².